The summed E-state index contributed by atoms with van der Waals surface area (Å²) in [6.45, 7) is 7.62. The molecule has 1 aliphatic carbocycles. The molecule has 0 spiro atoms. The molecule has 0 heterocycles. The predicted molar refractivity (Wildman–Crippen MR) is 120 cm³/mol. The van der Waals surface area contributed by atoms with E-state index in [1.165, 1.54) is 19.1 Å². The molecule has 3 atom stereocenters. The molecule has 0 saturated carbocycles. The fourth-order valence-corrected chi connectivity index (χ4v) is 3.71. The highest BCUT2D eigenvalue weighted by atomic mass is 32.2. The largest absolute Gasteiger partial charge is 0.463 e. The number of hydrogen-bond donors (Lipinski definition) is 3. The van der Waals surface area contributed by atoms with E-state index in [2.05, 4.69) is 5.32 Å². The van der Waals surface area contributed by atoms with Crippen LogP contribution in [-0.4, -0.2) is 55.7 Å². The van der Waals surface area contributed by atoms with Crippen LogP contribution in [0, 0.1) is 0 Å². The first-order chi connectivity index (χ1) is 15.0. The second kappa shape index (κ2) is 13.3. The summed E-state index contributed by atoms with van der Waals surface area (Å²) in [7, 11) is -4.00. The van der Waals surface area contributed by atoms with E-state index < -0.39 is 16.2 Å². The van der Waals surface area contributed by atoms with Crippen LogP contribution in [0.25, 0.3) is 0 Å². The Morgan fingerprint density at radius 2 is 1.78 bits per heavy atom. The lowest BCUT2D eigenvalue weighted by molar-refractivity contribution is -0.139. The van der Waals surface area contributed by atoms with Crippen LogP contribution in [0.1, 0.15) is 47.0 Å². The van der Waals surface area contributed by atoms with Gasteiger partial charge in [0.2, 0.25) is 5.91 Å². The molecule has 0 aromatic heterocycles. The van der Waals surface area contributed by atoms with E-state index in [1.807, 2.05) is 13.8 Å². The van der Waals surface area contributed by atoms with Crippen molar-refractivity contribution in [2.45, 2.75) is 76.1 Å². The van der Waals surface area contributed by atoms with Gasteiger partial charge in [0.05, 0.1) is 29.8 Å². The Morgan fingerprint density at radius 3 is 2.22 bits per heavy atom. The van der Waals surface area contributed by atoms with Crippen LogP contribution < -0.4 is 11.1 Å². The standard InChI is InChI=1S/C16H28N2O4.C6H6O3S/c1-5-12(6-2)22-14-9-11(16(20)21-7-3)8-13(17)15(14)18-10(4)19;7-10(8,9)6-4-2-1-3-5-6/h9,12-15H,5-8,17H2,1-4H3,(H,18,19);1-5H,(H,7,8,9)/t13-,14+,15+;/m0./s1. The zero-order valence-corrected chi connectivity index (χ0v) is 19.8. The first-order valence-electron chi connectivity index (χ1n) is 10.6. The minimum Gasteiger partial charge on any atom is -0.463 e. The molecule has 0 saturated heterocycles. The number of ether oxygens (including phenoxy) is 2. The molecule has 9 nitrogen and oxygen atoms in total. The number of hydrogen-bond acceptors (Lipinski definition) is 7. The van der Waals surface area contributed by atoms with Crippen LogP contribution in [0.2, 0.25) is 0 Å². The lowest BCUT2D eigenvalue weighted by atomic mass is 9.88. The summed E-state index contributed by atoms with van der Waals surface area (Å²) in [6, 6.07) is 6.70. The Balaban J connectivity index is 0.000000425. The van der Waals surface area contributed by atoms with Crippen LogP contribution in [-0.2, 0) is 29.2 Å². The van der Waals surface area contributed by atoms with Gasteiger partial charge in [-0.25, -0.2) is 4.79 Å². The quantitative estimate of drug-likeness (QED) is 0.387. The number of rotatable bonds is 8. The van der Waals surface area contributed by atoms with Gasteiger partial charge in [0.1, 0.15) is 0 Å². The van der Waals surface area contributed by atoms with Crippen LogP contribution in [0.15, 0.2) is 46.9 Å². The van der Waals surface area contributed by atoms with E-state index in [1.54, 1.807) is 31.2 Å². The van der Waals surface area contributed by atoms with Crippen molar-refractivity contribution in [2.24, 2.45) is 5.73 Å². The Hall–Kier alpha value is -2.27. The highest BCUT2D eigenvalue weighted by molar-refractivity contribution is 7.85. The summed E-state index contributed by atoms with van der Waals surface area (Å²) in [5, 5.41) is 2.84. The lowest BCUT2D eigenvalue weighted by Crippen LogP contribution is -2.57. The average molecular weight is 471 g/mol. The van der Waals surface area contributed by atoms with Crippen molar-refractivity contribution >= 4 is 22.0 Å². The molecule has 10 heteroatoms. The molecule has 1 aliphatic rings. The lowest BCUT2D eigenvalue weighted by Gasteiger charge is -2.36. The molecule has 0 unspecified atom stereocenters. The molecule has 0 bridgehead atoms. The summed E-state index contributed by atoms with van der Waals surface area (Å²) >= 11 is 0. The first kappa shape index (κ1) is 27.8. The Labute approximate surface area is 190 Å². The minimum atomic E-state index is -4.00. The van der Waals surface area contributed by atoms with Crippen LogP contribution >= 0.6 is 0 Å². The van der Waals surface area contributed by atoms with Gasteiger partial charge in [0.25, 0.3) is 10.1 Å². The molecule has 0 radical (unpaired) electrons. The fraction of sp³-hybridized carbons (Fsp3) is 0.545. The highest BCUT2D eigenvalue weighted by Crippen LogP contribution is 2.24. The minimum absolute atomic E-state index is 0.0613. The molecule has 0 aliphatic heterocycles. The van der Waals surface area contributed by atoms with Gasteiger partial charge in [-0.2, -0.15) is 8.42 Å². The molecule has 1 amide bonds. The zero-order chi connectivity index (χ0) is 24.3. The summed E-state index contributed by atoms with van der Waals surface area (Å²) in [6.07, 6.45) is 3.48. The molecular weight excluding hydrogens is 436 g/mol. The van der Waals surface area contributed by atoms with Crippen LogP contribution in [0.3, 0.4) is 0 Å². The predicted octanol–water partition coefficient (Wildman–Crippen LogP) is 2.22. The summed E-state index contributed by atoms with van der Waals surface area (Å²) in [5.74, 6) is -0.524. The van der Waals surface area contributed by atoms with Gasteiger partial charge in [-0.1, -0.05) is 32.0 Å². The van der Waals surface area contributed by atoms with Crippen LogP contribution in [0.4, 0.5) is 0 Å². The van der Waals surface area contributed by atoms with Gasteiger partial charge in [-0.05, 0) is 44.4 Å². The molecule has 4 N–H and O–H groups in total. The third kappa shape index (κ3) is 9.07. The van der Waals surface area contributed by atoms with Crippen molar-refractivity contribution in [2.75, 3.05) is 6.61 Å². The SMILES string of the molecule is CCOC(=O)C1=C[C@@H](OC(CC)CC)[C@H](NC(C)=O)[C@@H](N)C1.O=S(=O)(O)c1ccccc1. The van der Waals surface area contributed by atoms with Crippen LogP contribution in [0.5, 0.6) is 0 Å². The molecule has 32 heavy (non-hydrogen) atoms. The molecule has 0 fully saturated rings. The number of nitrogens with two attached hydrogens (primary N) is 1. The van der Waals surface area contributed by atoms with Crippen molar-refractivity contribution < 1.29 is 32.0 Å². The van der Waals surface area contributed by atoms with Gasteiger partial charge >= 0.3 is 5.97 Å². The molecular formula is C22H34N2O7S. The highest BCUT2D eigenvalue weighted by Gasteiger charge is 2.35. The van der Waals surface area contributed by atoms with Crippen molar-refractivity contribution in [3.8, 4) is 0 Å². The van der Waals surface area contributed by atoms with E-state index in [0.717, 1.165) is 12.8 Å². The van der Waals surface area contributed by atoms with Gasteiger partial charge in [-0.3, -0.25) is 9.35 Å². The van der Waals surface area contributed by atoms with Crippen molar-refractivity contribution in [3.63, 3.8) is 0 Å². The van der Waals surface area contributed by atoms with E-state index >= 15 is 0 Å². The van der Waals surface area contributed by atoms with E-state index in [-0.39, 0.29) is 35.0 Å². The molecule has 1 aromatic rings. The first-order valence-corrected chi connectivity index (χ1v) is 12.1. The summed E-state index contributed by atoms with van der Waals surface area (Å²) < 4.78 is 40.3. The van der Waals surface area contributed by atoms with Gasteiger partial charge in [0.15, 0.2) is 0 Å². The number of esters is 1. The van der Waals surface area contributed by atoms with Gasteiger partial charge in [0, 0.05) is 18.5 Å². The number of carbonyl (C=O) groups excluding carboxylic acids is 2. The average Bonchev–Trinajstić information content (AvgIpc) is 2.74. The second-order valence-electron chi connectivity index (χ2n) is 7.33. The topological polar surface area (TPSA) is 145 Å². The summed E-state index contributed by atoms with van der Waals surface area (Å²) in [4.78, 5) is 23.3. The number of nitrogens with one attached hydrogen (secondary N) is 1. The Morgan fingerprint density at radius 1 is 1.19 bits per heavy atom. The van der Waals surface area contributed by atoms with Crippen molar-refractivity contribution in [1.82, 2.24) is 5.32 Å². The smallest absolute Gasteiger partial charge is 0.333 e. The maximum absolute atomic E-state index is 12.0. The maximum Gasteiger partial charge on any atom is 0.333 e. The molecule has 1 aromatic carbocycles. The third-order valence-corrected chi connectivity index (χ3v) is 5.71. The summed E-state index contributed by atoms with van der Waals surface area (Å²) in [5.41, 5.74) is 6.68. The monoisotopic (exact) mass is 470 g/mol. The Bertz CT molecular complexity index is 868. The van der Waals surface area contributed by atoms with Crippen molar-refractivity contribution in [1.29, 1.82) is 0 Å². The fourth-order valence-electron chi connectivity index (χ4n) is 3.21. The number of benzene rings is 1. The van der Waals surface area contributed by atoms with Crippen molar-refractivity contribution in [3.05, 3.63) is 42.0 Å². The van der Waals surface area contributed by atoms with E-state index in [4.69, 9.17) is 19.8 Å². The number of amides is 1. The molecule has 2 rings (SSSR count). The molecule has 180 valence electrons. The van der Waals surface area contributed by atoms with Gasteiger partial charge in [-0.15, -0.1) is 0 Å². The maximum atomic E-state index is 12.0. The van der Waals surface area contributed by atoms with E-state index in [9.17, 15) is 18.0 Å². The van der Waals surface area contributed by atoms with E-state index in [0.29, 0.717) is 18.6 Å². The number of carbonyl (C=O) groups is 2. The van der Waals surface area contributed by atoms with Gasteiger partial charge < -0.3 is 20.5 Å². The zero-order valence-electron chi connectivity index (χ0n) is 19.0. The second-order valence-corrected chi connectivity index (χ2v) is 8.76. The Kier molecular flexibility index (Phi) is 11.6. The third-order valence-electron chi connectivity index (χ3n) is 4.85. The normalized spacial score (nSPS) is 20.6.